The van der Waals surface area contributed by atoms with Crippen LogP contribution in [0.4, 0.5) is 0 Å². The summed E-state index contributed by atoms with van der Waals surface area (Å²) in [6, 6.07) is 16.0. The Hall–Kier alpha value is -2.07. The maximum Gasteiger partial charge on any atom is 0.0912 e. The Morgan fingerprint density at radius 3 is 2.57 bits per heavy atom. The van der Waals surface area contributed by atoms with Gasteiger partial charge in [-0.05, 0) is 29.3 Å². The monoisotopic (exact) mass is 342 g/mol. The Morgan fingerprint density at radius 2 is 1.86 bits per heavy atom. The van der Waals surface area contributed by atoms with Gasteiger partial charge in [-0.1, -0.05) is 51.4 Å². The van der Waals surface area contributed by atoms with Crippen molar-refractivity contribution in [3.05, 3.63) is 70.3 Å². The third kappa shape index (κ3) is 2.72. The number of rotatable bonds is 3. The van der Waals surface area contributed by atoms with Crippen LogP contribution >= 0.6 is 15.9 Å². The highest BCUT2D eigenvalue weighted by molar-refractivity contribution is 9.10. The summed E-state index contributed by atoms with van der Waals surface area (Å²) in [6.45, 7) is 0. The zero-order chi connectivity index (χ0) is 14.8. The summed E-state index contributed by atoms with van der Waals surface area (Å²) in [4.78, 5) is 0. The summed E-state index contributed by atoms with van der Waals surface area (Å²) in [5.41, 5.74) is 3.93. The lowest BCUT2D eigenvalue weighted by Gasteiger charge is -2.04. The van der Waals surface area contributed by atoms with E-state index in [-0.39, 0.29) is 0 Å². The number of para-hydroxylation sites is 1. The van der Waals surface area contributed by atoms with Crippen LogP contribution in [0.25, 0.3) is 10.9 Å². The van der Waals surface area contributed by atoms with Crippen LogP contribution in [0.3, 0.4) is 0 Å². The first-order valence-corrected chi connectivity index (χ1v) is 7.48. The molecule has 0 radical (unpaired) electrons. The minimum Gasteiger partial charge on any atom is -0.411 e. The van der Waals surface area contributed by atoms with Crippen molar-refractivity contribution in [3.8, 4) is 0 Å². The van der Waals surface area contributed by atoms with Crippen molar-refractivity contribution in [3.63, 3.8) is 0 Å². The first-order valence-electron chi connectivity index (χ1n) is 6.69. The molecule has 0 amide bonds. The van der Waals surface area contributed by atoms with Crippen LogP contribution in [0.2, 0.25) is 0 Å². The molecule has 0 fully saturated rings. The molecule has 0 saturated carbocycles. The molecule has 1 N–H and O–H groups in total. The van der Waals surface area contributed by atoms with Gasteiger partial charge in [0, 0.05) is 35.0 Å². The molecule has 3 aromatic rings. The van der Waals surface area contributed by atoms with Gasteiger partial charge < -0.3 is 9.77 Å². The fraction of sp³-hybridized carbons (Fsp3) is 0.118. The van der Waals surface area contributed by atoms with Gasteiger partial charge in [-0.2, -0.15) is 0 Å². The summed E-state index contributed by atoms with van der Waals surface area (Å²) in [7, 11) is 2.03. The Kier molecular flexibility index (Phi) is 3.80. The van der Waals surface area contributed by atoms with E-state index < -0.39 is 0 Å². The molecule has 4 heteroatoms. The van der Waals surface area contributed by atoms with Crippen LogP contribution in [-0.4, -0.2) is 15.5 Å². The molecule has 2 aromatic carbocycles. The highest BCUT2D eigenvalue weighted by Crippen LogP contribution is 2.22. The lowest BCUT2D eigenvalue weighted by molar-refractivity contribution is 0.318. The van der Waals surface area contributed by atoms with Gasteiger partial charge in [0.25, 0.3) is 0 Å². The van der Waals surface area contributed by atoms with Crippen molar-refractivity contribution in [2.45, 2.75) is 6.42 Å². The zero-order valence-electron chi connectivity index (χ0n) is 11.6. The van der Waals surface area contributed by atoms with Crippen LogP contribution < -0.4 is 0 Å². The summed E-state index contributed by atoms with van der Waals surface area (Å²) >= 11 is 3.41. The fourth-order valence-electron chi connectivity index (χ4n) is 2.58. The Labute approximate surface area is 131 Å². The molecule has 3 nitrogen and oxygen atoms in total. The number of aromatic nitrogens is 1. The maximum absolute atomic E-state index is 9.36. The number of hydrogen-bond acceptors (Lipinski definition) is 2. The van der Waals surface area contributed by atoms with Gasteiger partial charge in [0.2, 0.25) is 0 Å². The smallest absolute Gasteiger partial charge is 0.0912 e. The number of hydrogen-bond donors (Lipinski definition) is 1. The van der Waals surface area contributed by atoms with Crippen LogP contribution in [-0.2, 0) is 13.5 Å². The van der Waals surface area contributed by atoms with Gasteiger partial charge in [-0.15, -0.1) is 0 Å². The van der Waals surface area contributed by atoms with Gasteiger partial charge in [0.05, 0.1) is 5.71 Å². The first kappa shape index (κ1) is 13.9. The minimum atomic E-state index is 0.597. The fourth-order valence-corrected chi connectivity index (χ4v) is 2.85. The average molecular weight is 343 g/mol. The van der Waals surface area contributed by atoms with E-state index in [1.54, 1.807) is 0 Å². The molecular weight excluding hydrogens is 328 g/mol. The van der Waals surface area contributed by atoms with Crippen molar-refractivity contribution < 1.29 is 5.21 Å². The second-order valence-corrected chi connectivity index (χ2v) is 5.93. The van der Waals surface area contributed by atoms with Crippen LogP contribution in [0.15, 0.2) is 64.4 Å². The summed E-state index contributed by atoms with van der Waals surface area (Å²) in [6.07, 6.45) is 2.69. The molecule has 106 valence electrons. The lowest BCUT2D eigenvalue weighted by Crippen LogP contribution is -2.05. The predicted molar refractivity (Wildman–Crippen MR) is 89.1 cm³/mol. The third-order valence-electron chi connectivity index (χ3n) is 3.64. The van der Waals surface area contributed by atoms with Crippen molar-refractivity contribution in [1.82, 2.24) is 4.57 Å². The standard InChI is InChI=1S/C17H15BrN2O/c1-20-11-13(15-4-2-3-5-17(15)20)10-16(19-21)12-6-8-14(18)9-7-12/h2-9,11,21H,10H2,1H3/b19-16+. The molecule has 0 aliphatic rings. The van der Waals surface area contributed by atoms with Crippen molar-refractivity contribution in [2.24, 2.45) is 12.2 Å². The maximum atomic E-state index is 9.36. The van der Waals surface area contributed by atoms with Crippen molar-refractivity contribution in [2.75, 3.05) is 0 Å². The molecule has 0 saturated heterocycles. The third-order valence-corrected chi connectivity index (χ3v) is 4.16. The van der Waals surface area contributed by atoms with E-state index in [4.69, 9.17) is 0 Å². The number of aryl methyl sites for hydroxylation is 1. The quantitative estimate of drug-likeness (QED) is 0.428. The average Bonchev–Trinajstić information content (AvgIpc) is 2.83. The van der Waals surface area contributed by atoms with Gasteiger partial charge in [0.15, 0.2) is 0 Å². The van der Waals surface area contributed by atoms with Crippen LogP contribution in [0.1, 0.15) is 11.1 Å². The molecular formula is C17H15BrN2O. The molecule has 0 aliphatic heterocycles. The van der Waals surface area contributed by atoms with Crippen molar-refractivity contribution in [1.29, 1.82) is 0 Å². The van der Waals surface area contributed by atoms with E-state index in [0.717, 1.165) is 15.6 Å². The van der Waals surface area contributed by atoms with E-state index in [1.807, 2.05) is 43.4 Å². The number of benzene rings is 2. The molecule has 0 bridgehead atoms. The van der Waals surface area contributed by atoms with E-state index in [2.05, 4.69) is 44.0 Å². The Bertz CT molecular complexity index is 803. The summed E-state index contributed by atoms with van der Waals surface area (Å²) in [5, 5.41) is 14.0. The molecule has 0 aliphatic carbocycles. The van der Waals surface area contributed by atoms with Crippen LogP contribution in [0, 0.1) is 0 Å². The van der Waals surface area contributed by atoms with Gasteiger partial charge >= 0.3 is 0 Å². The van der Waals surface area contributed by atoms with Crippen molar-refractivity contribution >= 4 is 32.5 Å². The molecule has 0 unspecified atom stereocenters. The summed E-state index contributed by atoms with van der Waals surface area (Å²) < 4.78 is 3.11. The largest absolute Gasteiger partial charge is 0.411 e. The number of halogens is 1. The highest BCUT2D eigenvalue weighted by atomic mass is 79.9. The molecule has 3 rings (SSSR count). The molecule has 21 heavy (non-hydrogen) atoms. The van der Waals surface area contributed by atoms with E-state index in [0.29, 0.717) is 12.1 Å². The second-order valence-electron chi connectivity index (χ2n) is 5.01. The van der Waals surface area contributed by atoms with Gasteiger partial charge in [-0.3, -0.25) is 0 Å². The van der Waals surface area contributed by atoms with E-state index >= 15 is 0 Å². The van der Waals surface area contributed by atoms with Gasteiger partial charge in [-0.25, -0.2) is 0 Å². The zero-order valence-corrected chi connectivity index (χ0v) is 13.2. The van der Waals surface area contributed by atoms with Crippen LogP contribution in [0.5, 0.6) is 0 Å². The SMILES string of the molecule is Cn1cc(C/C(=N\O)c2ccc(Br)cc2)c2ccccc21. The number of nitrogens with zero attached hydrogens (tertiary/aromatic N) is 2. The lowest BCUT2D eigenvalue weighted by atomic mass is 10.0. The minimum absolute atomic E-state index is 0.597. The molecule has 0 atom stereocenters. The predicted octanol–water partition coefficient (Wildman–Crippen LogP) is 4.36. The molecule has 1 aromatic heterocycles. The topological polar surface area (TPSA) is 37.5 Å². The van der Waals surface area contributed by atoms with E-state index in [1.165, 1.54) is 10.9 Å². The first-order chi connectivity index (χ1) is 10.2. The number of fused-ring (bicyclic) bond motifs is 1. The Balaban J connectivity index is 1.98. The normalized spacial score (nSPS) is 12.0. The molecule has 0 spiro atoms. The molecule has 1 heterocycles. The number of oxime groups is 1. The van der Waals surface area contributed by atoms with E-state index in [9.17, 15) is 5.21 Å². The van der Waals surface area contributed by atoms with Gasteiger partial charge in [0.1, 0.15) is 0 Å². The highest BCUT2D eigenvalue weighted by Gasteiger charge is 2.11. The Morgan fingerprint density at radius 1 is 1.14 bits per heavy atom. The second kappa shape index (κ2) is 5.74. The summed E-state index contributed by atoms with van der Waals surface area (Å²) in [5.74, 6) is 0.